The van der Waals surface area contributed by atoms with E-state index in [0.717, 1.165) is 25.8 Å². The first kappa shape index (κ1) is 19.6. The lowest BCUT2D eigenvalue weighted by Crippen LogP contribution is -2.32. The van der Waals surface area contributed by atoms with E-state index in [9.17, 15) is 4.79 Å². The highest BCUT2D eigenvalue weighted by Crippen LogP contribution is 2.30. The van der Waals surface area contributed by atoms with Crippen molar-refractivity contribution in [2.24, 2.45) is 4.99 Å². The highest BCUT2D eigenvalue weighted by atomic mass is 79.9. The largest absolute Gasteiger partial charge is 0.496 e. The van der Waals surface area contributed by atoms with Crippen LogP contribution in [0, 0.1) is 0 Å². The summed E-state index contributed by atoms with van der Waals surface area (Å²) in [7, 11) is 1.61. The maximum atomic E-state index is 13.3. The molecule has 0 atom stereocenters. The van der Waals surface area contributed by atoms with Crippen LogP contribution in [0.5, 0.6) is 5.75 Å². The number of methoxy groups -OCH3 is 1. The number of rotatable bonds is 4. The first-order valence-electron chi connectivity index (χ1n) is 8.86. The smallest absolute Gasteiger partial charge is 0.282 e. The average molecular weight is 512 g/mol. The van der Waals surface area contributed by atoms with Crippen LogP contribution in [0.3, 0.4) is 0 Å². The van der Waals surface area contributed by atoms with Crippen LogP contribution in [0.1, 0.15) is 11.1 Å². The second-order valence-electron chi connectivity index (χ2n) is 6.33. The molecule has 0 aliphatic carbocycles. The fraction of sp³-hybridized carbons (Fsp3) is 0.0435. The predicted molar refractivity (Wildman–Crippen MR) is 123 cm³/mol. The molecule has 1 aliphatic heterocycles. The molecule has 4 nitrogen and oxygen atoms in total. The molecule has 0 bridgehead atoms. The second kappa shape index (κ2) is 8.35. The van der Waals surface area contributed by atoms with Gasteiger partial charge in [0.2, 0.25) is 0 Å². The van der Waals surface area contributed by atoms with Gasteiger partial charge in [0.25, 0.3) is 5.91 Å². The van der Waals surface area contributed by atoms with Crippen LogP contribution >= 0.6 is 31.9 Å². The van der Waals surface area contributed by atoms with Crippen molar-refractivity contribution in [1.29, 1.82) is 0 Å². The molecule has 144 valence electrons. The molecule has 6 heteroatoms. The number of nitrogens with zero attached hydrogens (tertiary/aromatic N) is 2. The number of para-hydroxylation sites is 1. The topological polar surface area (TPSA) is 41.9 Å². The molecule has 1 amide bonds. The third-order valence-corrected chi connectivity index (χ3v) is 5.54. The Balaban J connectivity index is 1.83. The van der Waals surface area contributed by atoms with E-state index in [4.69, 9.17) is 9.73 Å². The van der Waals surface area contributed by atoms with Crippen LogP contribution in [-0.2, 0) is 4.79 Å². The molecule has 3 aromatic carbocycles. The third-order valence-electron chi connectivity index (χ3n) is 4.48. The van der Waals surface area contributed by atoms with Gasteiger partial charge in [-0.1, -0.05) is 62.2 Å². The molecule has 1 aliphatic rings. The summed E-state index contributed by atoms with van der Waals surface area (Å²) in [6, 6.07) is 22.9. The molecule has 1 heterocycles. The van der Waals surface area contributed by atoms with Crippen molar-refractivity contribution in [2.75, 3.05) is 12.0 Å². The lowest BCUT2D eigenvalue weighted by atomic mass is 10.1. The lowest BCUT2D eigenvalue weighted by Gasteiger charge is -2.18. The van der Waals surface area contributed by atoms with E-state index in [0.29, 0.717) is 17.3 Å². The van der Waals surface area contributed by atoms with Crippen LogP contribution in [-0.4, -0.2) is 18.9 Å². The number of anilines is 1. The number of ether oxygens (including phenoxy) is 1. The molecule has 0 saturated heterocycles. The molecule has 0 saturated carbocycles. The van der Waals surface area contributed by atoms with Crippen LogP contribution in [0.4, 0.5) is 5.69 Å². The van der Waals surface area contributed by atoms with Gasteiger partial charge in [-0.15, -0.1) is 0 Å². The maximum Gasteiger partial charge on any atom is 0.282 e. The molecular formula is C23H16Br2N2O2. The first-order chi connectivity index (χ1) is 14.1. The minimum absolute atomic E-state index is 0.184. The summed E-state index contributed by atoms with van der Waals surface area (Å²) in [4.78, 5) is 19.7. The normalized spacial score (nSPS) is 15.0. The molecule has 0 N–H and O–H groups in total. The summed E-state index contributed by atoms with van der Waals surface area (Å²) >= 11 is 6.90. The summed E-state index contributed by atoms with van der Waals surface area (Å²) < 4.78 is 7.32. The molecule has 3 aromatic rings. The van der Waals surface area contributed by atoms with Gasteiger partial charge < -0.3 is 4.74 Å². The summed E-state index contributed by atoms with van der Waals surface area (Å²) in [5.74, 6) is 1.09. The Bertz CT molecular complexity index is 1120. The van der Waals surface area contributed by atoms with E-state index in [1.54, 1.807) is 18.1 Å². The number of halogens is 2. The van der Waals surface area contributed by atoms with Crippen molar-refractivity contribution in [3.63, 3.8) is 0 Å². The quantitative estimate of drug-likeness (QED) is 0.400. The summed E-state index contributed by atoms with van der Waals surface area (Å²) in [6.45, 7) is 0. The highest BCUT2D eigenvalue weighted by molar-refractivity contribution is 9.10. The minimum atomic E-state index is -0.184. The number of carbonyl (C=O) groups is 1. The summed E-state index contributed by atoms with van der Waals surface area (Å²) in [5, 5.41) is 0. The molecule has 29 heavy (non-hydrogen) atoms. The van der Waals surface area contributed by atoms with Crippen LogP contribution in [0.2, 0.25) is 0 Å². The number of hydrogen-bond donors (Lipinski definition) is 0. The van der Waals surface area contributed by atoms with Gasteiger partial charge in [-0.25, -0.2) is 4.99 Å². The van der Waals surface area contributed by atoms with Crippen molar-refractivity contribution in [3.05, 3.63) is 98.6 Å². The number of hydrogen-bond acceptors (Lipinski definition) is 3. The number of amidine groups is 1. The van der Waals surface area contributed by atoms with Crippen molar-refractivity contribution < 1.29 is 9.53 Å². The van der Waals surface area contributed by atoms with E-state index in [2.05, 4.69) is 31.9 Å². The molecule has 4 rings (SSSR count). The van der Waals surface area contributed by atoms with E-state index >= 15 is 0 Å². The van der Waals surface area contributed by atoms with Gasteiger partial charge in [-0.2, -0.15) is 0 Å². The zero-order valence-electron chi connectivity index (χ0n) is 15.5. The van der Waals surface area contributed by atoms with Gasteiger partial charge in [-0.05, 0) is 48.5 Å². The molecular weight excluding hydrogens is 496 g/mol. The van der Waals surface area contributed by atoms with E-state index in [-0.39, 0.29) is 5.91 Å². The number of benzene rings is 3. The Kier molecular flexibility index (Phi) is 5.65. The fourth-order valence-corrected chi connectivity index (χ4v) is 3.60. The molecule has 0 fully saturated rings. The Labute approximate surface area is 185 Å². The van der Waals surface area contributed by atoms with Crippen LogP contribution < -0.4 is 9.64 Å². The fourth-order valence-electron chi connectivity index (χ4n) is 3.07. The van der Waals surface area contributed by atoms with Crippen molar-refractivity contribution in [1.82, 2.24) is 0 Å². The van der Waals surface area contributed by atoms with Crippen molar-refractivity contribution in [2.45, 2.75) is 0 Å². The maximum absolute atomic E-state index is 13.3. The number of carbonyl (C=O) groups excluding carboxylic acids is 1. The van der Waals surface area contributed by atoms with Gasteiger partial charge in [0.1, 0.15) is 17.3 Å². The van der Waals surface area contributed by atoms with Crippen LogP contribution in [0.25, 0.3) is 6.08 Å². The Morgan fingerprint density at radius 2 is 1.52 bits per heavy atom. The first-order valence-corrected chi connectivity index (χ1v) is 10.4. The Hall–Kier alpha value is -2.70. The summed E-state index contributed by atoms with van der Waals surface area (Å²) in [5.41, 5.74) is 2.77. The molecule has 0 aromatic heterocycles. The molecule has 0 radical (unpaired) electrons. The minimum Gasteiger partial charge on any atom is -0.496 e. The van der Waals surface area contributed by atoms with E-state index < -0.39 is 0 Å². The zero-order chi connectivity index (χ0) is 20.4. The summed E-state index contributed by atoms with van der Waals surface area (Å²) in [6.07, 6.45) is 1.76. The standard InChI is InChI=1S/C23H16Br2N2O2/c1-29-21-5-3-2-4-16(21)14-20-23(28)27(19-12-10-18(25)11-13-19)22(26-20)15-6-8-17(24)9-7-15/h2-14H,1H3/b20-14+. The molecule has 0 spiro atoms. The van der Waals surface area contributed by atoms with Gasteiger partial charge in [0.15, 0.2) is 0 Å². The highest BCUT2D eigenvalue weighted by Gasteiger charge is 2.32. The van der Waals surface area contributed by atoms with Gasteiger partial charge in [0, 0.05) is 20.1 Å². The van der Waals surface area contributed by atoms with E-state index in [1.165, 1.54) is 0 Å². The van der Waals surface area contributed by atoms with Gasteiger partial charge in [0.05, 0.1) is 12.8 Å². The Morgan fingerprint density at radius 1 is 0.897 bits per heavy atom. The monoisotopic (exact) mass is 510 g/mol. The molecule has 0 unspecified atom stereocenters. The van der Waals surface area contributed by atoms with Gasteiger partial charge >= 0.3 is 0 Å². The zero-order valence-corrected chi connectivity index (χ0v) is 18.6. The van der Waals surface area contributed by atoms with Crippen molar-refractivity contribution in [3.8, 4) is 5.75 Å². The van der Waals surface area contributed by atoms with Gasteiger partial charge in [-0.3, -0.25) is 9.69 Å². The van der Waals surface area contributed by atoms with Crippen LogP contribution in [0.15, 0.2) is 92.4 Å². The van der Waals surface area contributed by atoms with Crippen molar-refractivity contribution >= 4 is 55.4 Å². The Morgan fingerprint density at radius 3 is 2.17 bits per heavy atom. The third kappa shape index (κ3) is 4.04. The number of aliphatic imine (C=N–C) groups is 1. The SMILES string of the molecule is COc1ccccc1/C=C1/N=C(c2ccc(Br)cc2)N(c2ccc(Br)cc2)C1=O. The second-order valence-corrected chi connectivity index (χ2v) is 8.16. The van der Waals surface area contributed by atoms with E-state index in [1.807, 2.05) is 72.8 Å². The lowest BCUT2D eigenvalue weighted by molar-refractivity contribution is -0.113. The average Bonchev–Trinajstić information content (AvgIpc) is 3.06. The predicted octanol–water partition coefficient (Wildman–Crippen LogP) is 6.05. The number of amides is 1.